The van der Waals surface area contributed by atoms with Gasteiger partial charge in [-0.15, -0.1) is 0 Å². The second-order valence-electron chi connectivity index (χ2n) is 5.13. The Kier molecular flexibility index (Phi) is 2.87. The number of aliphatic carboxylic acids is 1. The third-order valence-corrected chi connectivity index (χ3v) is 4.26. The number of fused-ring (bicyclic) bond motifs is 3. The first-order valence-corrected chi connectivity index (χ1v) is 6.29. The van der Waals surface area contributed by atoms with Crippen molar-refractivity contribution in [3.05, 3.63) is 11.8 Å². The molecule has 0 aromatic rings. The standard InChI is InChI=1S/C12H15NO7/c1-13-11(17)19-10-8-5(6(3-18-10)9(15)16)2-7-12(8,4-14)20-7/h3,5,7-8,10,14H,2,4H2,1H3,(H,13,17)(H,15,16). The smallest absolute Gasteiger partial charge is 0.409 e. The van der Waals surface area contributed by atoms with Crippen molar-refractivity contribution in [2.75, 3.05) is 13.7 Å². The molecule has 0 aromatic carbocycles. The van der Waals surface area contributed by atoms with Crippen molar-refractivity contribution in [3.8, 4) is 0 Å². The number of hydrogen-bond donors (Lipinski definition) is 3. The number of carbonyl (C=O) groups is 2. The lowest BCUT2D eigenvalue weighted by Crippen LogP contribution is -2.46. The molecule has 110 valence electrons. The van der Waals surface area contributed by atoms with Gasteiger partial charge in [-0.1, -0.05) is 0 Å². The van der Waals surface area contributed by atoms with Crippen LogP contribution < -0.4 is 5.32 Å². The summed E-state index contributed by atoms with van der Waals surface area (Å²) in [6.07, 6.45) is -0.281. The average molecular weight is 285 g/mol. The molecule has 1 saturated carbocycles. The van der Waals surface area contributed by atoms with Gasteiger partial charge in [0.15, 0.2) is 0 Å². The van der Waals surface area contributed by atoms with Crippen molar-refractivity contribution in [2.24, 2.45) is 11.8 Å². The first kappa shape index (κ1) is 13.2. The first-order valence-electron chi connectivity index (χ1n) is 6.29. The predicted octanol–water partition coefficient (Wildman–Crippen LogP) is -0.567. The van der Waals surface area contributed by atoms with Gasteiger partial charge in [0.05, 0.1) is 30.5 Å². The molecule has 20 heavy (non-hydrogen) atoms. The summed E-state index contributed by atoms with van der Waals surface area (Å²) in [6.45, 7) is -0.261. The van der Waals surface area contributed by atoms with Crippen molar-refractivity contribution in [3.63, 3.8) is 0 Å². The number of ether oxygens (including phenoxy) is 3. The third kappa shape index (κ3) is 1.68. The van der Waals surface area contributed by atoms with E-state index in [1.165, 1.54) is 7.05 Å². The maximum atomic E-state index is 11.3. The molecule has 2 aliphatic heterocycles. The Morgan fingerprint density at radius 2 is 2.35 bits per heavy atom. The van der Waals surface area contributed by atoms with Gasteiger partial charge in [-0.05, 0) is 6.42 Å². The molecule has 1 amide bonds. The van der Waals surface area contributed by atoms with Gasteiger partial charge in [0.2, 0.25) is 0 Å². The fraction of sp³-hybridized carbons (Fsp3) is 0.667. The predicted molar refractivity (Wildman–Crippen MR) is 62.4 cm³/mol. The average Bonchev–Trinajstić information content (AvgIpc) is 3.04. The molecule has 0 radical (unpaired) electrons. The van der Waals surface area contributed by atoms with Crippen LogP contribution in [0.2, 0.25) is 0 Å². The summed E-state index contributed by atoms with van der Waals surface area (Å²) in [5.41, 5.74) is -0.742. The number of carboxylic acids is 1. The fourth-order valence-corrected chi connectivity index (χ4v) is 3.26. The molecule has 0 aromatic heterocycles. The van der Waals surface area contributed by atoms with Crippen molar-refractivity contribution < 1.29 is 34.0 Å². The van der Waals surface area contributed by atoms with Crippen LogP contribution in [0.25, 0.3) is 0 Å². The number of nitrogens with one attached hydrogen (secondary N) is 1. The van der Waals surface area contributed by atoms with Gasteiger partial charge in [-0.25, -0.2) is 9.59 Å². The van der Waals surface area contributed by atoms with Gasteiger partial charge < -0.3 is 29.7 Å². The van der Waals surface area contributed by atoms with Crippen LogP contribution in [0.1, 0.15) is 6.42 Å². The number of aliphatic hydroxyl groups excluding tert-OH is 1. The van der Waals surface area contributed by atoms with E-state index < -0.39 is 29.9 Å². The van der Waals surface area contributed by atoms with Crippen molar-refractivity contribution >= 4 is 12.1 Å². The number of alkyl carbamates (subject to hydrolysis) is 1. The summed E-state index contributed by atoms with van der Waals surface area (Å²) in [5.74, 6) is -1.96. The van der Waals surface area contributed by atoms with E-state index in [4.69, 9.17) is 14.2 Å². The number of amides is 1. The molecule has 3 N–H and O–H groups in total. The molecular formula is C12H15NO7. The zero-order valence-electron chi connectivity index (χ0n) is 10.7. The summed E-state index contributed by atoms with van der Waals surface area (Å²) >= 11 is 0. The summed E-state index contributed by atoms with van der Waals surface area (Å²) in [5, 5.41) is 21.0. The minimum atomic E-state index is -1.08. The van der Waals surface area contributed by atoms with Crippen LogP contribution in [-0.4, -0.2) is 53.9 Å². The number of epoxide rings is 1. The minimum absolute atomic E-state index is 0.121. The molecule has 0 bridgehead atoms. The summed E-state index contributed by atoms with van der Waals surface area (Å²) < 4.78 is 15.8. The fourth-order valence-electron chi connectivity index (χ4n) is 3.26. The van der Waals surface area contributed by atoms with E-state index in [1.54, 1.807) is 0 Å². The van der Waals surface area contributed by atoms with Crippen LogP contribution in [0.5, 0.6) is 0 Å². The molecule has 5 unspecified atom stereocenters. The van der Waals surface area contributed by atoms with Crippen LogP contribution in [0.4, 0.5) is 4.79 Å². The number of aliphatic hydroxyl groups is 1. The Labute approximate surface area is 114 Å². The lowest BCUT2D eigenvalue weighted by molar-refractivity contribution is -0.152. The summed E-state index contributed by atoms with van der Waals surface area (Å²) in [4.78, 5) is 22.6. The zero-order valence-corrected chi connectivity index (χ0v) is 10.7. The quantitative estimate of drug-likeness (QED) is 0.594. The topological polar surface area (TPSA) is 118 Å². The highest BCUT2D eigenvalue weighted by Crippen LogP contribution is 2.60. The molecule has 1 saturated heterocycles. The largest absolute Gasteiger partial charge is 0.478 e. The van der Waals surface area contributed by atoms with Gasteiger partial charge in [-0.2, -0.15) is 0 Å². The van der Waals surface area contributed by atoms with Gasteiger partial charge in [0.25, 0.3) is 6.29 Å². The van der Waals surface area contributed by atoms with Crippen molar-refractivity contribution in [2.45, 2.75) is 24.4 Å². The number of rotatable bonds is 3. The van der Waals surface area contributed by atoms with Gasteiger partial charge >= 0.3 is 12.1 Å². The minimum Gasteiger partial charge on any atom is -0.478 e. The molecule has 1 aliphatic carbocycles. The Hall–Kier alpha value is -1.80. The molecule has 8 heteroatoms. The Bertz CT molecular complexity index is 486. The van der Waals surface area contributed by atoms with Gasteiger partial charge in [-0.3, -0.25) is 0 Å². The lowest BCUT2D eigenvalue weighted by atomic mass is 9.82. The van der Waals surface area contributed by atoms with Gasteiger partial charge in [0, 0.05) is 13.0 Å². The van der Waals surface area contributed by atoms with E-state index in [9.17, 15) is 19.8 Å². The maximum absolute atomic E-state index is 11.3. The highest BCUT2D eigenvalue weighted by Gasteiger charge is 2.73. The molecule has 8 nitrogen and oxygen atoms in total. The zero-order chi connectivity index (χ0) is 14.5. The Morgan fingerprint density at radius 3 is 2.95 bits per heavy atom. The molecule has 2 fully saturated rings. The monoisotopic (exact) mass is 285 g/mol. The molecule has 5 atom stereocenters. The normalized spacial score (nSPS) is 40.8. The highest BCUT2D eigenvalue weighted by molar-refractivity contribution is 5.87. The Morgan fingerprint density at radius 1 is 1.60 bits per heavy atom. The SMILES string of the molecule is CNC(=O)OC1OC=C(C(=O)O)C2CC3OC3(CO)C12. The van der Waals surface area contributed by atoms with E-state index in [2.05, 4.69) is 5.32 Å². The number of carbonyl (C=O) groups excluding carboxylic acids is 1. The highest BCUT2D eigenvalue weighted by atomic mass is 16.7. The van der Waals surface area contributed by atoms with Crippen molar-refractivity contribution in [1.29, 1.82) is 0 Å². The number of carboxylic acid groups (broad SMARTS) is 1. The molecule has 0 spiro atoms. The Balaban J connectivity index is 1.89. The van der Waals surface area contributed by atoms with Crippen LogP contribution in [0.15, 0.2) is 11.8 Å². The van der Waals surface area contributed by atoms with E-state index in [0.29, 0.717) is 6.42 Å². The second kappa shape index (κ2) is 4.35. The van der Waals surface area contributed by atoms with E-state index in [1.807, 2.05) is 0 Å². The second-order valence-corrected chi connectivity index (χ2v) is 5.13. The molecular weight excluding hydrogens is 270 g/mol. The maximum Gasteiger partial charge on any atom is 0.409 e. The van der Waals surface area contributed by atoms with Crippen LogP contribution >= 0.6 is 0 Å². The third-order valence-electron chi connectivity index (χ3n) is 4.26. The number of hydrogen-bond acceptors (Lipinski definition) is 6. The molecule has 3 aliphatic rings. The molecule has 3 rings (SSSR count). The van der Waals surface area contributed by atoms with E-state index in [0.717, 1.165) is 6.26 Å². The van der Waals surface area contributed by atoms with Crippen LogP contribution in [0.3, 0.4) is 0 Å². The molecule has 2 heterocycles. The lowest BCUT2D eigenvalue weighted by Gasteiger charge is -2.35. The first-order chi connectivity index (χ1) is 9.53. The van der Waals surface area contributed by atoms with Crippen LogP contribution in [0, 0.1) is 11.8 Å². The summed E-state index contributed by atoms with van der Waals surface area (Å²) in [7, 11) is 1.41. The van der Waals surface area contributed by atoms with Crippen molar-refractivity contribution in [1.82, 2.24) is 5.32 Å². The van der Waals surface area contributed by atoms with Crippen LogP contribution in [-0.2, 0) is 19.0 Å². The van der Waals surface area contributed by atoms with Gasteiger partial charge in [0.1, 0.15) is 5.60 Å². The van der Waals surface area contributed by atoms with E-state index in [-0.39, 0.29) is 24.2 Å². The summed E-state index contributed by atoms with van der Waals surface area (Å²) in [6, 6.07) is 0. The van der Waals surface area contributed by atoms with E-state index >= 15 is 0 Å².